The highest BCUT2D eigenvalue weighted by atomic mass is 35.5. The van der Waals surface area contributed by atoms with Crippen LogP contribution >= 0.6 is 11.6 Å². The number of halogens is 5. The van der Waals surface area contributed by atoms with Gasteiger partial charge >= 0.3 is 5.97 Å². The topological polar surface area (TPSA) is 112 Å². The van der Waals surface area contributed by atoms with Gasteiger partial charge in [-0.25, -0.2) is 22.5 Å². The van der Waals surface area contributed by atoms with Crippen LogP contribution in [-0.4, -0.2) is 30.3 Å². The number of aromatic nitrogens is 3. The fourth-order valence-corrected chi connectivity index (χ4v) is 4.27. The Morgan fingerprint density at radius 2 is 1.65 bits per heavy atom. The van der Waals surface area contributed by atoms with Crippen molar-refractivity contribution in [2.24, 2.45) is 0 Å². The highest BCUT2D eigenvalue weighted by Crippen LogP contribution is 2.42. The zero-order valence-electron chi connectivity index (χ0n) is 21.6. The lowest BCUT2D eigenvalue weighted by Crippen LogP contribution is -2.33. The summed E-state index contributed by atoms with van der Waals surface area (Å²) in [7, 11) is 0. The van der Waals surface area contributed by atoms with E-state index in [0.29, 0.717) is 17.8 Å². The molecule has 210 valence electrons. The molecule has 1 aliphatic rings. The van der Waals surface area contributed by atoms with Gasteiger partial charge in [0.25, 0.3) is 0 Å². The van der Waals surface area contributed by atoms with Gasteiger partial charge in [-0.05, 0) is 39.3 Å². The normalized spacial score (nSPS) is 14.6. The van der Waals surface area contributed by atoms with Crippen LogP contribution in [0.25, 0.3) is 11.3 Å². The zero-order valence-corrected chi connectivity index (χ0v) is 22.4. The molecule has 40 heavy (non-hydrogen) atoms. The molecule has 4 rings (SSSR count). The van der Waals surface area contributed by atoms with Gasteiger partial charge in [-0.2, -0.15) is 0 Å². The van der Waals surface area contributed by atoms with E-state index < -0.39 is 46.3 Å². The molecule has 1 aliphatic heterocycles. The van der Waals surface area contributed by atoms with E-state index in [9.17, 15) is 24.1 Å². The number of hydrogen-bond donors (Lipinski definition) is 3. The summed E-state index contributed by atoms with van der Waals surface area (Å²) in [5.41, 5.74) is -3.30. The quantitative estimate of drug-likeness (QED) is 0.273. The second kappa shape index (κ2) is 10.3. The Labute approximate surface area is 231 Å². The van der Waals surface area contributed by atoms with E-state index in [1.807, 2.05) is 0 Å². The molecule has 0 fully saturated rings. The van der Waals surface area contributed by atoms with Crippen molar-refractivity contribution in [3.05, 3.63) is 106 Å². The smallest absolute Gasteiger partial charge is 0.372 e. The first-order valence-electron chi connectivity index (χ1n) is 11.6. The van der Waals surface area contributed by atoms with Crippen molar-refractivity contribution in [2.45, 2.75) is 39.3 Å². The summed E-state index contributed by atoms with van der Waals surface area (Å²) in [6.45, 7) is 9.54. The van der Waals surface area contributed by atoms with Gasteiger partial charge in [0.2, 0.25) is 0 Å². The third kappa shape index (κ3) is 5.18. The van der Waals surface area contributed by atoms with E-state index in [-0.39, 0.29) is 39.1 Å². The molecule has 0 saturated carbocycles. The minimum Gasteiger partial charge on any atom is -0.433 e. The molecule has 0 radical (unpaired) electrons. The molecule has 13 heteroatoms. The van der Waals surface area contributed by atoms with Crippen LogP contribution in [0, 0.1) is 30.2 Å². The number of anilines is 1. The summed E-state index contributed by atoms with van der Waals surface area (Å²) in [6, 6.07) is 1.60. The van der Waals surface area contributed by atoms with E-state index in [4.69, 9.17) is 16.3 Å². The van der Waals surface area contributed by atoms with E-state index in [2.05, 4.69) is 21.5 Å². The van der Waals surface area contributed by atoms with E-state index in [1.54, 1.807) is 6.92 Å². The predicted molar refractivity (Wildman–Crippen MR) is 137 cm³/mol. The SMILES string of the molecule is C=C1C(Cl)=C(OC(O)(O)c2ncc(F)cc2F)C=C(C)N1c1c(C)cnc(-c2ccnc(C(C)(C)O)c2F)c1F. The van der Waals surface area contributed by atoms with Crippen LogP contribution in [0.5, 0.6) is 0 Å². The molecule has 0 spiro atoms. The van der Waals surface area contributed by atoms with E-state index in [0.717, 1.165) is 0 Å². The van der Waals surface area contributed by atoms with Crippen molar-refractivity contribution in [2.75, 3.05) is 4.90 Å². The van der Waals surface area contributed by atoms with E-state index in [1.165, 1.54) is 50.2 Å². The van der Waals surface area contributed by atoms with Gasteiger partial charge < -0.3 is 25.0 Å². The Balaban J connectivity index is 1.76. The highest BCUT2D eigenvalue weighted by molar-refractivity contribution is 6.33. The molecule has 3 aromatic rings. The first-order chi connectivity index (χ1) is 18.5. The maximum Gasteiger partial charge on any atom is 0.372 e. The van der Waals surface area contributed by atoms with Gasteiger partial charge in [0.15, 0.2) is 23.1 Å². The summed E-state index contributed by atoms with van der Waals surface area (Å²) < 4.78 is 63.9. The molecule has 4 heterocycles. The predicted octanol–water partition coefficient (Wildman–Crippen LogP) is 5.13. The standard InChI is InChI=1S/C27H23ClF4N4O4/c1-12-10-34-22(16-6-7-33-25(20(16)31)26(4,5)37)21(32)23(12)36-13(2)8-18(19(28)14(36)3)40-27(38,39)24-17(30)9-15(29)11-35-24/h6-11,37-39H,3H2,1-2,4-5H3. The third-order valence-electron chi connectivity index (χ3n) is 5.92. The number of aryl methyl sites for hydroxylation is 1. The molecule has 3 N–H and O–H groups in total. The van der Waals surface area contributed by atoms with Crippen LogP contribution in [0.2, 0.25) is 0 Å². The number of pyridine rings is 3. The number of ether oxygens (including phenoxy) is 1. The lowest BCUT2D eigenvalue weighted by atomic mass is 9.99. The Kier molecular flexibility index (Phi) is 7.50. The zero-order chi connectivity index (χ0) is 29.7. The van der Waals surface area contributed by atoms with Crippen molar-refractivity contribution in [3.63, 3.8) is 0 Å². The van der Waals surface area contributed by atoms with Gasteiger partial charge in [0, 0.05) is 35.8 Å². The van der Waals surface area contributed by atoms with Gasteiger partial charge in [0.1, 0.15) is 33.6 Å². The molecule has 0 saturated heterocycles. The third-order valence-corrected chi connectivity index (χ3v) is 6.33. The molecule has 0 amide bonds. The number of allylic oxidation sites excluding steroid dienone is 3. The average molecular weight is 579 g/mol. The van der Waals surface area contributed by atoms with Crippen molar-refractivity contribution >= 4 is 17.3 Å². The highest BCUT2D eigenvalue weighted by Gasteiger charge is 2.38. The van der Waals surface area contributed by atoms with Crippen LogP contribution in [0.3, 0.4) is 0 Å². The number of rotatable bonds is 6. The Morgan fingerprint density at radius 3 is 2.27 bits per heavy atom. The van der Waals surface area contributed by atoms with Gasteiger partial charge in [-0.3, -0.25) is 9.97 Å². The first kappa shape index (κ1) is 29.2. The fourth-order valence-electron chi connectivity index (χ4n) is 4.09. The molecule has 0 bridgehead atoms. The molecule has 0 aromatic carbocycles. The van der Waals surface area contributed by atoms with Crippen LogP contribution in [0.4, 0.5) is 23.2 Å². The van der Waals surface area contributed by atoms with Crippen molar-refractivity contribution < 1.29 is 37.6 Å². The molecular formula is C27H23ClF4N4O4. The fraction of sp³-hybridized carbons (Fsp3) is 0.222. The first-order valence-corrected chi connectivity index (χ1v) is 12.0. The van der Waals surface area contributed by atoms with Crippen molar-refractivity contribution in [3.8, 4) is 11.3 Å². The summed E-state index contributed by atoms with van der Waals surface area (Å²) in [5.74, 6) is -8.11. The Morgan fingerprint density at radius 1 is 0.975 bits per heavy atom. The molecule has 0 unspecified atom stereocenters. The van der Waals surface area contributed by atoms with Crippen molar-refractivity contribution in [1.82, 2.24) is 15.0 Å². The molecular weight excluding hydrogens is 556 g/mol. The number of hydrogen-bond acceptors (Lipinski definition) is 8. The second-order valence-electron chi connectivity index (χ2n) is 9.47. The van der Waals surface area contributed by atoms with Crippen LogP contribution < -0.4 is 4.90 Å². The molecule has 8 nitrogen and oxygen atoms in total. The number of nitrogens with zero attached hydrogens (tertiary/aromatic N) is 4. The molecule has 0 aliphatic carbocycles. The van der Waals surface area contributed by atoms with Gasteiger partial charge in [-0.15, -0.1) is 0 Å². The Bertz CT molecular complexity index is 1600. The minimum absolute atomic E-state index is 0.0912. The molecule has 0 atom stereocenters. The van der Waals surface area contributed by atoms with Gasteiger partial charge in [0.05, 0.1) is 17.6 Å². The van der Waals surface area contributed by atoms with Gasteiger partial charge in [-0.1, -0.05) is 18.2 Å². The lowest BCUT2D eigenvalue weighted by Gasteiger charge is -2.34. The minimum atomic E-state index is -3.37. The average Bonchev–Trinajstić information content (AvgIpc) is 2.84. The number of aliphatic hydroxyl groups is 3. The largest absolute Gasteiger partial charge is 0.433 e. The summed E-state index contributed by atoms with van der Waals surface area (Å²) in [6.07, 6.45) is 4.27. The maximum absolute atomic E-state index is 16.1. The monoisotopic (exact) mass is 578 g/mol. The van der Waals surface area contributed by atoms with Crippen molar-refractivity contribution in [1.29, 1.82) is 0 Å². The Hall–Kier alpha value is -3.84. The van der Waals surface area contributed by atoms with Crippen LogP contribution in [0.15, 0.2) is 65.6 Å². The van der Waals surface area contributed by atoms with Crippen LogP contribution in [0.1, 0.15) is 37.7 Å². The van der Waals surface area contributed by atoms with E-state index >= 15 is 8.78 Å². The second-order valence-corrected chi connectivity index (χ2v) is 9.85. The molecule has 3 aromatic heterocycles. The van der Waals surface area contributed by atoms with Crippen LogP contribution in [-0.2, 0) is 16.3 Å². The lowest BCUT2D eigenvalue weighted by molar-refractivity contribution is -0.334. The summed E-state index contributed by atoms with van der Waals surface area (Å²) >= 11 is 6.40. The summed E-state index contributed by atoms with van der Waals surface area (Å²) in [4.78, 5) is 12.5. The summed E-state index contributed by atoms with van der Waals surface area (Å²) in [5, 5.41) is 30.7. The maximum atomic E-state index is 16.1.